The summed E-state index contributed by atoms with van der Waals surface area (Å²) in [6.45, 7) is -1.00. The molecule has 0 saturated heterocycles. The molecule has 1 aromatic heterocycles. The van der Waals surface area contributed by atoms with Crippen LogP contribution >= 0.6 is 0 Å². The van der Waals surface area contributed by atoms with E-state index >= 15 is 0 Å². The lowest BCUT2D eigenvalue weighted by molar-refractivity contribution is -0.120. The first-order valence-corrected chi connectivity index (χ1v) is 5.11. The lowest BCUT2D eigenvalue weighted by atomic mass is 10.4. The molecule has 3 N–H and O–H groups in total. The standard InChI is InChI=1S/C9H12F3N5/c10-9(11,12)4-17(6-1-2-6)8-3-7(16-13)14-5-15-8/h3,5-6H,1-2,4,13H2,(H,14,15,16). The van der Waals surface area contributed by atoms with Crippen LogP contribution in [-0.4, -0.2) is 28.7 Å². The van der Waals surface area contributed by atoms with Crippen molar-refractivity contribution in [2.75, 3.05) is 16.9 Å². The van der Waals surface area contributed by atoms with E-state index < -0.39 is 12.7 Å². The van der Waals surface area contributed by atoms with Crippen molar-refractivity contribution in [2.24, 2.45) is 5.84 Å². The monoisotopic (exact) mass is 247 g/mol. The summed E-state index contributed by atoms with van der Waals surface area (Å²) in [5.74, 6) is 5.69. The Balaban J connectivity index is 2.19. The zero-order valence-corrected chi connectivity index (χ0v) is 8.91. The largest absolute Gasteiger partial charge is 0.405 e. The number of nitrogens with one attached hydrogen (secondary N) is 1. The average molecular weight is 247 g/mol. The molecule has 5 nitrogen and oxygen atoms in total. The minimum Gasteiger partial charge on any atom is -0.344 e. The minimum absolute atomic E-state index is 0.0860. The molecule has 8 heteroatoms. The number of rotatable bonds is 4. The summed E-state index contributed by atoms with van der Waals surface area (Å²) in [4.78, 5) is 8.85. The Bertz CT molecular complexity index is 390. The third-order valence-electron chi connectivity index (χ3n) is 2.43. The number of hydrogen-bond donors (Lipinski definition) is 2. The molecule has 1 aromatic rings. The number of alkyl halides is 3. The first kappa shape index (κ1) is 11.9. The number of halogens is 3. The van der Waals surface area contributed by atoms with Crippen LogP contribution in [0.2, 0.25) is 0 Å². The summed E-state index contributed by atoms with van der Waals surface area (Å²) in [5, 5.41) is 0. The highest BCUT2D eigenvalue weighted by atomic mass is 19.4. The molecule has 0 atom stereocenters. The number of hydrazine groups is 1. The number of anilines is 2. The van der Waals surface area contributed by atoms with Crippen LogP contribution in [0.4, 0.5) is 24.8 Å². The summed E-state index contributed by atoms with van der Waals surface area (Å²) in [7, 11) is 0. The van der Waals surface area contributed by atoms with Gasteiger partial charge in [-0.1, -0.05) is 0 Å². The summed E-state index contributed by atoms with van der Waals surface area (Å²) >= 11 is 0. The second-order valence-corrected chi connectivity index (χ2v) is 3.88. The van der Waals surface area contributed by atoms with E-state index in [0.29, 0.717) is 5.82 Å². The van der Waals surface area contributed by atoms with E-state index in [0.717, 1.165) is 12.8 Å². The molecule has 1 aliphatic rings. The number of nitrogens with zero attached hydrogens (tertiary/aromatic N) is 3. The molecule has 0 aliphatic heterocycles. The summed E-state index contributed by atoms with van der Waals surface area (Å²) in [6.07, 6.45) is -1.54. The zero-order chi connectivity index (χ0) is 12.5. The van der Waals surface area contributed by atoms with Crippen LogP contribution in [-0.2, 0) is 0 Å². The zero-order valence-electron chi connectivity index (χ0n) is 8.91. The van der Waals surface area contributed by atoms with Gasteiger partial charge in [0, 0.05) is 12.1 Å². The highest BCUT2D eigenvalue weighted by Crippen LogP contribution is 2.33. The van der Waals surface area contributed by atoms with Crippen molar-refractivity contribution in [3.63, 3.8) is 0 Å². The van der Waals surface area contributed by atoms with Crippen LogP contribution in [0.15, 0.2) is 12.4 Å². The Labute approximate surface area is 95.8 Å². The van der Waals surface area contributed by atoms with E-state index in [-0.39, 0.29) is 11.9 Å². The summed E-state index contributed by atoms with van der Waals surface area (Å²) < 4.78 is 37.3. The van der Waals surface area contributed by atoms with Crippen molar-refractivity contribution < 1.29 is 13.2 Å². The normalized spacial score (nSPS) is 15.8. The Morgan fingerprint density at radius 3 is 2.65 bits per heavy atom. The summed E-state index contributed by atoms with van der Waals surface area (Å²) in [5.41, 5.74) is 2.29. The molecule has 0 radical (unpaired) electrons. The predicted molar refractivity (Wildman–Crippen MR) is 56.3 cm³/mol. The lowest BCUT2D eigenvalue weighted by Crippen LogP contribution is -2.36. The Morgan fingerprint density at radius 2 is 2.12 bits per heavy atom. The van der Waals surface area contributed by atoms with Crippen molar-refractivity contribution in [3.05, 3.63) is 12.4 Å². The fourth-order valence-corrected chi connectivity index (χ4v) is 1.56. The average Bonchev–Trinajstić information content (AvgIpc) is 3.09. The molecule has 94 valence electrons. The molecule has 2 rings (SSSR count). The first-order valence-electron chi connectivity index (χ1n) is 5.11. The highest BCUT2D eigenvalue weighted by molar-refractivity contribution is 5.49. The first-order chi connectivity index (χ1) is 7.99. The van der Waals surface area contributed by atoms with E-state index in [4.69, 9.17) is 5.84 Å². The van der Waals surface area contributed by atoms with E-state index in [9.17, 15) is 13.2 Å². The van der Waals surface area contributed by atoms with Gasteiger partial charge in [0.1, 0.15) is 24.5 Å². The third-order valence-corrected chi connectivity index (χ3v) is 2.43. The van der Waals surface area contributed by atoms with Gasteiger partial charge < -0.3 is 10.3 Å². The van der Waals surface area contributed by atoms with Crippen molar-refractivity contribution in [2.45, 2.75) is 25.1 Å². The molecule has 1 saturated carbocycles. The number of hydrogen-bond acceptors (Lipinski definition) is 5. The topological polar surface area (TPSA) is 67.1 Å². The fourth-order valence-electron chi connectivity index (χ4n) is 1.56. The maximum atomic E-state index is 12.4. The second-order valence-electron chi connectivity index (χ2n) is 3.88. The van der Waals surface area contributed by atoms with Crippen molar-refractivity contribution in [1.82, 2.24) is 9.97 Å². The number of nitrogens with two attached hydrogens (primary N) is 1. The van der Waals surface area contributed by atoms with Crippen LogP contribution in [0, 0.1) is 0 Å². The highest BCUT2D eigenvalue weighted by Gasteiger charge is 2.38. The van der Waals surface area contributed by atoms with Crippen LogP contribution in [0.25, 0.3) is 0 Å². The fraction of sp³-hybridized carbons (Fsp3) is 0.556. The molecule has 17 heavy (non-hydrogen) atoms. The van der Waals surface area contributed by atoms with Gasteiger partial charge >= 0.3 is 6.18 Å². The maximum Gasteiger partial charge on any atom is 0.405 e. The molecule has 0 bridgehead atoms. The molecule has 0 spiro atoms. The van der Waals surface area contributed by atoms with Gasteiger partial charge in [0.05, 0.1) is 0 Å². The quantitative estimate of drug-likeness (QED) is 0.620. The molecule has 0 amide bonds. The third kappa shape index (κ3) is 3.19. The van der Waals surface area contributed by atoms with E-state index in [1.54, 1.807) is 0 Å². The van der Waals surface area contributed by atoms with Crippen molar-refractivity contribution in [3.8, 4) is 0 Å². The van der Waals surface area contributed by atoms with Gasteiger partial charge in [-0.25, -0.2) is 15.8 Å². The predicted octanol–water partition coefficient (Wildman–Crippen LogP) is 1.29. The van der Waals surface area contributed by atoms with Gasteiger partial charge in [-0.2, -0.15) is 13.2 Å². The Morgan fingerprint density at radius 1 is 1.41 bits per heavy atom. The SMILES string of the molecule is NNc1cc(N(CC(F)(F)F)C2CC2)ncn1. The van der Waals surface area contributed by atoms with Crippen LogP contribution in [0.1, 0.15) is 12.8 Å². The Kier molecular flexibility index (Phi) is 3.05. The van der Waals surface area contributed by atoms with E-state index in [1.807, 2.05) is 0 Å². The van der Waals surface area contributed by atoms with Gasteiger partial charge in [0.2, 0.25) is 0 Å². The second kappa shape index (κ2) is 4.36. The maximum absolute atomic E-state index is 12.4. The lowest BCUT2D eigenvalue weighted by Gasteiger charge is -2.24. The van der Waals surface area contributed by atoms with Gasteiger partial charge in [0.25, 0.3) is 0 Å². The molecule has 0 unspecified atom stereocenters. The van der Waals surface area contributed by atoms with Gasteiger partial charge in [-0.15, -0.1) is 0 Å². The van der Waals surface area contributed by atoms with Crippen molar-refractivity contribution >= 4 is 11.6 Å². The van der Waals surface area contributed by atoms with E-state index in [2.05, 4.69) is 15.4 Å². The van der Waals surface area contributed by atoms with Gasteiger partial charge in [0.15, 0.2) is 0 Å². The molecule has 0 aromatic carbocycles. The van der Waals surface area contributed by atoms with Crippen LogP contribution in [0.5, 0.6) is 0 Å². The molecular formula is C9H12F3N5. The summed E-state index contributed by atoms with van der Waals surface area (Å²) in [6, 6.07) is 1.32. The van der Waals surface area contributed by atoms with Crippen LogP contribution < -0.4 is 16.2 Å². The molecular weight excluding hydrogens is 235 g/mol. The number of nitrogen functional groups attached to an aromatic ring is 1. The number of aromatic nitrogens is 2. The minimum atomic E-state index is -4.25. The Hall–Kier alpha value is -1.57. The molecule has 1 fully saturated rings. The smallest absolute Gasteiger partial charge is 0.344 e. The molecule has 1 heterocycles. The van der Waals surface area contributed by atoms with Crippen molar-refractivity contribution in [1.29, 1.82) is 0 Å². The molecule has 1 aliphatic carbocycles. The van der Waals surface area contributed by atoms with Gasteiger partial charge in [-0.3, -0.25) is 0 Å². The van der Waals surface area contributed by atoms with E-state index in [1.165, 1.54) is 17.3 Å². The van der Waals surface area contributed by atoms with Gasteiger partial charge in [-0.05, 0) is 12.8 Å². The van der Waals surface area contributed by atoms with Crippen LogP contribution in [0.3, 0.4) is 0 Å².